The second-order valence-corrected chi connectivity index (χ2v) is 9.75. The third-order valence-corrected chi connectivity index (χ3v) is 7.85. The van der Waals surface area contributed by atoms with Crippen LogP contribution < -0.4 is 4.90 Å². The maximum atomic E-state index is 13.9. The van der Waals surface area contributed by atoms with Gasteiger partial charge in [-0.3, -0.25) is 29.3 Å². The summed E-state index contributed by atoms with van der Waals surface area (Å²) in [5.41, 5.74) is -1.80. The van der Waals surface area contributed by atoms with Gasteiger partial charge in [-0.05, 0) is 35.9 Å². The highest BCUT2D eigenvalue weighted by Gasteiger charge is 2.74. The number of fused-ring (bicyclic) bond motifs is 3. The lowest BCUT2D eigenvalue weighted by molar-refractivity contribution is -0.384. The number of ether oxygens (including phenoxy) is 1. The molecule has 0 aromatic heterocycles. The molecule has 0 bridgehead atoms. The summed E-state index contributed by atoms with van der Waals surface area (Å²) in [6, 6.07) is 15.6. The van der Waals surface area contributed by atoms with Crippen molar-refractivity contribution < 1.29 is 28.8 Å². The van der Waals surface area contributed by atoms with Crippen LogP contribution in [0.1, 0.15) is 32.4 Å². The number of hydrogen-bond donors (Lipinski definition) is 0. The van der Waals surface area contributed by atoms with Crippen molar-refractivity contribution in [1.82, 2.24) is 0 Å². The van der Waals surface area contributed by atoms with Gasteiger partial charge in [-0.15, -0.1) is 0 Å². The van der Waals surface area contributed by atoms with Gasteiger partial charge in [-0.25, -0.2) is 4.90 Å². The first kappa shape index (κ1) is 23.5. The summed E-state index contributed by atoms with van der Waals surface area (Å²) in [4.78, 5) is 66.6. The van der Waals surface area contributed by atoms with E-state index >= 15 is 0 Å². The number of anilines is 1. The van der Waals surface area contributed by atoms with Gasteiger partial charge in [0.2, 0.25) is 29.0 Å². The molecule has 3 aromatic rings. The van der Waals surface area contributed by atoms with Crippen molar-refractivity contribution in [2.75, 3.05) is 4.90 Å². The summed E-state index contributed by atoms with van der Waals surface area (Å²) in [6.07, 6.45) is -1.20. The normalized spacial score (nSPS) is 23.6. The fourth-order valence-electron chi connectivity index (χ4n) is 5.48. The van der Waals surface area contributed by atoms with E-state index in [-0.39, 0.29) is 32.5 Å². The Morgan fingerprint density at radius 2 is 1.46 bits per heavy atom. The van der Waals surface area contributed by atoms with Crippen LogP contribution in [0, 0.1) is 22.0 Å². The number of ketones is 2. The minimum absolute atomic E-state index is 0.101. The molecule has 2 amide bonds. The van der Waals surface area contributed by atoms with E-state index in [1.165, 1.54) is 54.6 Å². The Morgan fingerprint density at radius 3 is 2.03 bits per heavy atom. The average molecular weight is 537 g/mol. The van der Waals surface area contributed by atoms with Gasteiger partial charge in [0.25, 0.3) is 5.69 Å². The number of nitro benzene ring substituents is 1. The number of imide groups is 1. The Morgan fingerprint density at radius 1 is 0.838 bits per heavy atom. The van der Waals surface area contributed by atoms with Gasteiger partial charge in [0.1, 0.15) is 0 Å². The number of rotatable bonds is 3. The molecule has 1 aliphatic carbocycles. The number of halogens is 2. The number of hydrogen-bond acceptors (Lipinski definition) is 7. The van der Waals surface area contributed by atoms with Crippen LogP contribution in [0.5, 0.6) is 0 Å². The number of amides is 2. The first-order valence-corrected chi connectivity index (χ1v) is 11.9. The summed E-state index contributed by atoms with van der Waals surface area (Å²) < 4.78 is 6.15. The predicted octanol–water partition coefficient (Wildman–Crippen LogP) is 4.60. The van der Waals surface area contributed by atoms with Crippen LogP contribution in [0.4, 0.5) is 11.4 Å². The lowest BCUT2D eigenvalue weighted by atomic mass is 9.77. The van der Waals surface area contributed by atoms with Crippen molar-refractivity contribution in [2.45, 2.75) is 11.7 Å². The van der Waals surface area contributed by atoms with Crippen LogP contribution in [0.25, 0.3) is 0 Å². The van der Waals surface area contributed by atoms with E-state index in [9.17, 15) is 29.3 Å². The van der Waals surface area contributed by atoms with Gasteiger partial charge in [-0.2, -0.15) is 0 Å². The van der Waals surface area contributed by atoms with E-state index in [4.69, 9.17) is 27.9 Å². The number of nitrogens with zero attached hydrogens (tertiary/aromatic N) is 2. The summed E-state index contributed by atoms with van der Waals surface area (Å²) in [5.74, 6) is -5.58. The van der Waals surface area contributed by atoms with Gasteiger partial charge in [0.15, 0.2) is 0 Å². The second-order valence-electron chi connectivity index (χ2n) is 8.94. The fourth-order valence-corrected chi connectivity index (χ4v) is 5.77. The standard InChI is InChI=1S/C26H14Cl2N2O7/c27-17-10-9-14(11-18(17)28)29-24(33)19-20(25(29)34)26(22(31)15-3-1-2-4-16(15)23(26)32)37-21(19)12-5-7-13(8-6-12)30(35)36/h1-11,19-21H/t19-,20-,21-/m1/s1. The molecule has 37 heavy (non-hydrogen) atoms. The van der Waals surface area contributed by atoms with Crippen LogP contribution >= 0.6 is 23.2 Å². The fraction of sp³-hybridized carbons (Fsp3) is 0.154. The molecule has 0 N–H and O–H groups in total. The van der Waals surface area contributed by atoms with Crippen LogP contribution in [-0.4, -0.2) is 33.9 Å². The molecule has 0 unspecified atom stereocenters. The zero-order valence-electron chi connectivity index (χ0n) is 18.6. The Hall–Kier alpha value is -3.92. The first-order chi connectivity index (χ1) is 17.7. The summed E-state index contributed by atoms with van der Waals surface area (Å²) in [5, 5.41) is 11.5. The van der Waals surface area contributed by atoms with E-state index in [2.05, 4.69) is 0 Å². The third-order valence-electron chi connectivity index (χ3n) is 7.11. The minimum atomic E-state index is -2.25. The smallest absolute Gasteiger partial charge is 0.269 e. The zero-order valence-corrected chi connectivity index (χ0v) is 20.1. The highest BCUT2D eigenvalue weighted by Crippen LogP contribution is 2.57. The van der Waals surface area contributed by atoms with Crippen molar-refractivity contribution in [3.05, 3.63) is 104 Å². The van der Waals surface area contributed by atoms with E-state index in [0.29, 0.717) is 5.56 Å². The number of benzene rings is 3. The molecule has 184 valence electrons. The average Bonchev–Trinajstić information content (AvgIpc) is 3.46. The van der Waals surface area contributed by atoms with Crippen molar-refractivity contribution in [2.24, 2.45) is 11.8 Å². The lowest BCUT2D eigenvalue weighted by Gasteiger charge is -2.27. The van der Waals surface area contributed by atoms with E-state index in [1.807, 2.05) is 0 Å². The lowest BCUT2D eigenvalue weighted by Crippen LogP contribution is -2.51. The van der Waals surface area contributed by atoms with Gasteiger partial charge >= 0.3 is 0 Å². The Labute approximate surface area is 218 Å². The number of nitro groups is 1. The highest BCUT2D eigenvalue weighted by atomic mass is 35.5. The zero-order chi connectivity index (χ0) is 26.2. The van der Waals surface area contributed by atoms with Crippen LogP contribution in [0.15, 0.2) is 66.7 Å². The molecule has 2 aliphatic heterocycles. The first-order valence-electron chi connectivity index (χ1n) is 11.1. The topological polar surface area (TPSA) is 124 Å². The Bertz CT molecular complexity index is 1530. The molecule has 0 radical (unpaired) electrons. The van der Waals surface area contributed by atoms with Crippen molar-refractivity contribution >= 4 is 58.0 Å². The van der Waals surface area contributed by atoms with Gasteiger partial charge in [0.05, 0.1) is 38.6 Å². The molecule has 2 saturated heterocycles. The molecular formula is C26H14Cl2N2O7. The van der Waals surface area contributed by atoms with Crippen LogP contribution in [0.3, 0.4) is 0 Å². The molecule has 3 aliphatic rings. The Kier molecular flexibility index (Phi) is 5.10. The largest absolute Gasteiger partial charge is 0.349 e. The summed E-state index contributed by atoms with van der Waals surface area (Å²) in [7, 11) is 0. The molecule has 1 spiro atoms. The second kappa shape index (κ2) is 8.04. The number of Topliss-reactive ketones (excluding diaryl/α,β-unsaturated/α-hetero) is 2. The summed E-state index contributed by atoms with van der Waals surface area (Å²) in [6.45, 7) is 0. The van der Waals surface area contributed by atoms with Crippen molar-refractivity contribution in [3.63, 3.8) is 0 Å². The molecular weight excluding hydrogens is 523 g/mol. The van der Waals surface area contributed by atoms with E-state index < -0.39 is 51.8 Å². The summed E-state index contributed by atoms with van der Waals surface area (Å²) >= 11 is 12.1. The molecule has 2 fully saturated rings. The SMILES string of the molecule is O=C1[C@H]2[C@@H](c3ccc([N+](=O)[O-])cc3)OC3(C(=O)c4ccccc4C3=O)[C@H]2C(=O)N1c1ccc(Cl)c(Cl)c1. The number of carbonyl (C=O) groups is 4. The van der Waals surface area contributed by atoms with E-state index in [0.717, 1.165) is 4.90 Å². The molecule has 11 heteroatoms. The van der Waals surface area contributed by atoms with Crippen molar-refractivity contribution in [3.8, 4) is 0 Å². The highest BCUT2D eigenvalue weighted by molar-refractivity contribution is 6.42. The molecule has 6 rings (SSSR count). The number of carbonyl (C=O) groups excluding carboxylic acids is 4. The minimum Gasteiger partial charge on any atom is -0.349 e. The van der Waals surface area contributed by atoms with Gasteiger partial charge < -0.3 is 4.74 Å². The predicted molar refractivity (Wildman–Crippen MR) is 131 cm³/mol. The van der Waals surface area contributed by atoms with Crippen LogP contribution in [-0.2, 0) is 14.3 Å². The quantitative estimate of drug-likeness (QED) is 0.207. The van der Waals surface area contributed by atoms with Crippen LogP contribution in [0.2, 0.25) is 10.0 Å². The van der Waals surface area contributed by atoms with Gasteiger partial charge in [0, 0.05) is 23.3 Å². The maximum absolute atomic E-state index is 13.9. The maximum Gasteiger partial charge on any atom is 0.269 e. The van der Waals surface area contributed by atoms with Crippen molar-refractivity contribution in [1.29, 1.82) is 0 Å². The molecule has 0 saturated carbocycles. The van der Waals surface area contributed by atoms with E-state index in [1.54, 1.807) is 12.1 Å². The third kappa shape index (κ3) is 3.08. The molecule has 9 nitrogen and oxygen atoms in total. The molecule has 2 heterocycles. The Balaban J connectivity index is 1.53. The monoisotopic (exact) mass is 536 g/mol. The number of non-ortho nitro benzene ring substituents is 1. The van der Waals surface area contributed by atoms with Gasteiger partial charge in [-0.1, -0.05) is 47.5 Å². The molecule has 3 aromatic carbocycles. The molecule has 3 atom stereocenters.